The number of carbonyl (C=O) groups excluding carboxylic acids is 1. The summed E-state index contributed by atoms with van der Waals surface area (Å²) in [7, 11) is 1.62. The van der Waals surface area contributed by atoms with E-state index in [1.807, 2.05) is 0 Å². The first kappa shape index (κ1) is 20.8. The van der Waals surface area contributed by atoms with E-state index in [-0.39, 0.29) is 17.4 Å². The molecule has 1 amide bonds. The van der Waals surface area contributed by atoms with Crippen LogP contribution in [0.5, 0.6) is 11.6 Å². The highest BCUT2D eigenvalue weighted by Gasteiger charge is 2.28. The summed E-state index contributed by atoms with van der Waals surface area (Å²) < 4.78 is 46.4. The van der Waals surface area contributed by atoms with Gasteiger partial charge in [0.25, 0.3) is 5.91 Å². The first-order valence-corrected chi connectivity index (χ1v) is 8.42. The van der Waals surface area contributed by atoms with Gasteiger partial charge in [0.2, 0.25) is 5.88 Å². The molecule has 27 heavy (non-hydrogen) atoms. The van der Waals surface area contributed by atoms with Crippen LogP contribution < -0.4 is 9.47 Å². The molecule has 146 valence electrons. The van der Waals surface area contributed by atoms with Crippen LogP contribution in [-0.2, 0) is 0 Å². The highest BCUT2D eigenvalue weighted by Crippen LogP contribution is 2.18. The molecule has 0 N–H and O–H groups in total. The third-order valence-corrected chi connectivity index (χ3v) is 3.65. The molecule has 0 bridgehead atoms. The van der Waals surface area contributed by atoms with E-state index in [9.17, 15) is 18.0 Å². The molecule has 1 aromatic carbocycles. The summed E-state index contributed by atoms with van der Waals surface area (Å²) >= 11 is 5.87. The number of alkyl halides is 3. The Morgan fingerprint density at radius 3 is 2.63 bits per heavy atom. The molecule has 2 aromatic rings. The average Bonchev–Trinajstić information content (AvgIpc) is 2.63. The molecule has 1 heterocycles. The van der Waals surface area contributed by atoms with Crippen LogP contribution in [0.1, 0.15) is 16.8 Å². The molecule has 1 aromatic heterocycles. The van der Waals surface area contributed by atoms with Crippen molar-refractivity contribution in [2.24, 2.45) is 0 Å². The quantitative estimate of drug-likeness (QED) is 0.620. The Labute approximate surface area is 159 Å². The normalized spacial score (nSPS) is 11.1. The molecular weight excluding hydrogens is 385 g/mol. The number of nitrogens with zero attached hydrogens (tertiary/aromatic N) is 2. The molecule has 0 radical (unpaired) electrons. The van der Waals surface area contributed by atoms with Gasteiger partial charge in [-0.05, 0) is 30.7 Å². The second-order valence-electron chi connectivity index (χ2n) is 5.68. The third kappa shape index (κ3) is 7.34. The summed E-state index contributed by atoms with van der Waals surface area (Å²) in [4.78, 5) is 17.5. The van der Waals surface area contributed by atoms with E-state index < -0.39 is 12.8 Å². The molecule has 2 rings (SSSR count). The monoisotopic (exact) mass is 402 g/mol. The minimum Gasteiger partial charge on any atom is -0.493 e. The fourth-order valence-electron chi connectivity index (χ4n) is 2.12. The minimum absolute atomic E-state index is 0.193. The predicted molar refractivity (Wildman–Crippen MR) is 94.3 cm³/mol. The van der Waals surface area contributed by atoms with Crippen LogP contribution in [0.25, 0.3) is 0 Å². The fraction of sp³-hybridized carbons (Fsp3) is 0.333. The van der Waals surface area contributed by atoms with E-state index in [1.54, 1.807) is 31.3 Å². The van der Waals surface area contributed by atoms with Gasteiger partial charge >= 0.3 is 6.18 Å². The first-order valence-electron chi connectivity index (χ1n) is 8.04. The lowest BCUT2D eigenvalue weighted by Gasteiger charge is -2.17. The van der Waals surface area contributed by atoms with Crippen molar-refractivity contribution < 1.29 is 27.4 Å². The summed E-state index contributed by atoms with van der Waals surface area (Å²) in [5, 5.41) is 0.579. The van der Waals surface area contributed by atoms with Gasteiger partial charge in [0, 0.05) is 30.9 Å². The van der Waals surface area contributed by atoms with Gasteiger partial charge in [0.1, 0.15) is 5.75 Å². The number of hydrogen-bond donors (Lipinski definition) is 0. The van der Waals surface area contributed by atoms with Crippen LogP contribution in [0.15, 0.2) is 42.6 Å². The molecule has 9 heteroatoms. The van der Waals surface area contributed by atoms with Crippen molar-refractivity contribution in [3.63, 3.8) is 0 Å². The Hall–Kier alpha value is -2.48. The van der Waals surface area contributed by atoms with E-state index >= 15 is 0 Å². The molecule has 5 nitrogen and oxygen atoms in total. The number of amides is 1. The molecule has 0 fully saturated rings. The van der Waals surface area contributed by atoms with E-state index in [0.717, 1.165) is 0 Å². The van der Waals surface area contributed by atoms with Crippen molar-refractivity contribution in [2.45, 2.75) is 12.6 Å². The summed E-state index contributed by atoms with van der Waals surface area (Å²) in [6.45, 7) is -0.591. The molecule has 0 aliphatic heterocycles. The summed E-state index contributed by atoms with van der Waals surface area (Å²) in [6.07, 6.45) is -2.66. The largest absolute Gasteiger partial charge is 0.493 e. The number of halogens is 4. The molecule has 0 saturated heterocycles. The fourth-order valence-corrected chi connectivity index (χ4v) is 2.30. The second-order valence-corrected chi connectivity index (χ2v) is 6.11. The smallest absolute Gasteiger partial charge is 0.422 e. The molecule has 0 spiro atoms. The van der Waals surface area contributed by atoms with Crippen molar-refractivity contribution in [3.8, 4) is 11.6 Å². The van der Waals surface area contributed by atoms with E-state index in [4.69, 9.17) is 16.3 Å². The second kappa shape index (κ2) is 9.45. The van der Waals surface area contributed by atoms with Crippen molar-refractivity contribution >= 4 is 17.5 Å². The van der Waals surface area contributed by atoms with Crippen molar-refractivity contribution in [1.29, 1.82) is 0 Å². The van der Waals surface area contributed by atoms with Crippen LogP contribution in [0, 0.1) is 0 Å². The Morgan fingerprint density at radius 2 is 2.00 bits per heavy atom. The number of rotatable bonds is 8. The van der Waals surface area contributed by atoms with Crippen LogP contribution in [0.4, 0.5) is 13.2 Å². The van der Waals surface area contributed by atoms with Crippen molar-refractivity contribution in [1.82, 2.24) is 9.88 Å². The van der Waals surface area contributed by atoms with Crippen molar-refractivity contribution in [3.05, 3.63) is 53.2 Å². The van der Waals surface area contributed by atoms with Gasteiger partial charge in [-0.15, -0.1) is 0 Å². The number of benzene rings is 1. The van der Waals surface area contributed by atoms with Gasteiger partial charge in [-0.2, -0.15) is 13.2 Å². The number of ether oxygens (including phenoxy) is 2. The van der Waals surface area contributed by atoms with Crippen LogP contribution in [0.2, 0.25) is 5.02 Å². The van der Waals surface area contributed by atoms with E-state index in [0.29, 0.717) is 30.3 Å². The number of aromatic nitrogens is 1. The van der Waals surface area contributed by atoms with Gasteiger partial charge in [0.05, 0.1) is 12.2 Å². The summed E-state index contributed by atoms with van der Waals surface area (Å²) in [6, 6.07) is 9.62. The lowest BCUT2D eigenvalue weighted by molar-refractivity contribution is -0.154. The van der Waals surface area contributed by atoms with Gasteiger partial charge in [-0.3, -0.25) is 4.79 Å². The maximum atomic E-state index is 12.3. The zero-order valence-electron chi connectivity index (χ0n) is 14.5. The molecule has 0 saturated carbocycles. The molecule has 0 aliphatic rings. The summed E-state index contributed by atoms with van der Waals surface area (Å²) in [5.41, 5.74) is 0.257. The highest BCUT2D eigenvalue weighted by molar-refractivity contribution is 6.30. The van der Waals surface area contributed by atoms with Crippen molar-refractivity contribution in [2.75, 3.05) is 26.8 Å². The maximum absolute atomic E-state index is 12.3. The first-order chi connectivity index (χ1) is 12.7. The predicted octanol–water partition coefficient (Wildman–Crippen LogP) is 4.22. The van der Waals surface area contributed by atoms with Gasteiger partial charge in [-0.25, -0.2) is 4.98 Å². The van der Waals surface area contributed by atoms with Crippen LogP contribution >= 0.6 is 11.6 Å². The Bertz CT molecular complexity index is 754. The topological polar surface area (TPSA) is 51.7 Å². The SMILES string of the molecule is CN(CCCOc1cccc(Cl)c1)C(=O)c1ccc(OCC(F)(F)F)nc1. The lowest BCUT2D eigenvalue weighted by atomic mass is 10.2. The Kier molecular flexibility index (Phi) is 7.29. The van der Waals surface area contributed by atoms with Gasteiger partial charge in [-0.1, -0.05) is 17.7 Å². The minimum atomic E-state index is -4.44. The lowest BCUT2D eigenvalue weighted by Crippen LogP contribution is -2.28. The average molecular weight is 403 g/mol. The van der Waals surface area contributed by atoms with E-state index in [1.165, 1.54) is 23.2 Å². The van der Waals surface area contributed by atoms with Gasteiger partial charge in [0.15, 0.2) is 6.61 Å². The Balaban J connectivity index is 1.77. The number of pyridine rings is 1. The molecule has 0 unspecified atom stereocenters. The number of carbonyl (C=O) groups is 1. The molecule has 0 atom stereocenters. The zero-order chi connectivity index (χ0) is 19.9. The van der Waals surface area contributed by atoms with Crippen LogP contribution in [-0.4, -0.2) is 48.8 Å². The molecule has 0 aliphatic carbocycles. The standard InChI is InChI=1S/C18H18ClF3N2O3/c1-24(8-3-9-26-15-5-2-4-14(19)10-15)17(25)13-6-7-16(23-11-13)27-12-18(20,21)22/h2,4-7,10-11H,3,8-9,12H2,1H3. The van der Waals surface area contributed by atoms with Gasteiger partial charge < -0.3 is 14.4 Å². The Morgan fingerprint density at radius 1 is 1.22 bits per heavy atom. The molecular formula is C18H18ClF3N2O3. The maximum Gasteiger partial charge on any atom is 0.422 e. The van der Waals surface area contributed by atoms with E-state index in [2.05, 4.69) is 9.72 Å². The number of hydrogen-bond acceptors (Lipinski definition) is 4. The zero-order valence-corrected chi connectivity index (χ0v) is 15.3. The highest BCUT2D eigenvalue weighted by atomic mass is 35.5. The third-order valence-electron chi connectivity index (χ3n) is 3.42. The van der Waals surface area contributed by atoms with Crippen LogP contribution in [0.3, 0.4) is 0 Å². The summed E-state index contributed by atoms with van der Waals surface area (Å²) in [5.74, 6) is 0.157.